The third kappa shape index (κ3) is 2.51. The monoisotopic (exact) mass is 242 g/mol. The Morgan fingerprint density at radius 1 is 1.38 bits per heavy atom. The number of rotatable bonds is 2. The molecule has 0 saturated carbocycles. The van der Waals surface area contributed by atoms with Crippen molar-refractivity contribution in [1.82, 2.24) is 4.98 Å². The van der Waals surface area contributed by atoms with Gasteiger partial charge < -0.3 is 10.0 Å². The van der Waals surface area contributed by atoms with Crippen LogP contribution in [-0.2, 0) is 16.4 Å². The van der Waals surface area contributed by atoms with Gasteiger partial charge in [0.1, 0.15) is 5.82 Å². The molecule has 88 valence electrons. The second-order valence-electron chi connectivity index (χ2n) is 3.82. The van der Waals surface area contributed by atoms with Gasteiger partial charge in [-0.25, -0.2) is 13.4 Å². The van der Waals surface area contributed by atoms with Crippen molar-refractivity contribution in [3.05, 3.63) is 23.9 Å². The summed E-state index contributed by atoms with van der Waals surface area (Å²) in [5.74, 6) is 1.09. The normalized spacial score (nSPS) is 19.7. The molecule has 0 atom stereocenters. The van der Waals surface area contributed by atoms with E-state index in [2.05, 4.69) is 4.98 Å². The molecule has 2 heterocycles. The van der Waals surface area contributed by atoms with Gasteiger partial charge >= 0.3 is 0 Å². The highest BCUT2D eigenvalue weighted by molar-refractivity contribution is 7.91. The van der Waals surface area contributed by atoms with Crippen LogP contribution in [0.4, 0.5) is 5.82 Å². The average molecular weight is 242 g/mol. The van der Waals surface area contributed by atoms with Crippen molar-refractivity contribution in [2.45, 2.75) is 6.61 Å². The van der Waals surface area contributed by atoms with Crippen LogP contribution in [0.3, 0.4) is 0 Å². The number of aromatic nitrogens is 1. The van der Waals surface area contributed by atoms with Gasteiger partial charge in [0.15, 0.2) is 9.84 Å². The Morgan fingerprint density at radius 2 is 2.06 bits per heavy atom. The molecule has 0 aliphatic carbocycles. The first-order valence-corrected chi connectivity index (χ1v) is 6.94. The number of aliphatic hydroxyl groups excluding tert-OH is 1. The van der Waals surface area contributed by atoms with Crippen LogP contribution in [0.1, 0.15) is 5.56 Å². The first-order valence-electron chi connectivity index (χ1n) is 5.12. The first-order chi connectivity index (χ1) is 7.61. The van der Waals surface area contributed by atoms with E-state index in [1.54, 1.807) is 18.3 Å². The molecular weight excluding hydrogens is 228 g/mol. The fourth-order valence-electron chi connectivity index (χ4n) is 1.67. The highest BCUT2D eigenvalue weighted by Crippen LogP contribution is 2.15. The summed E-state index contributed by atoms with van der Waals surface area (Å²) < 4.78 is 22.5. The topological polar surface area (TPSA) is 70.5 Å². The number of anilines is 1. The number of nitrogens with zero attached hydrogens (tertiary/aromatic N) is 2. The Kier molecular flexibility index (Phi) is 3.11. The quantitative estimate of drug-likeness (QED) is 0.778. The zero-order valence-electron chi connectivity index (χ0n) is 8.83. The minimum absolute atomic E-state index is 0.0261. The number of aliphatic hydroxyl groups is 1. The molecule has 1 fully saturated rings. The summed E-state index contributed by atoms with van der Waals surface area (Å²) in [7, 11) is -2.86. The molecule has 0 bridgehead atoms. The molecule has 6 heteroatoms. The van der Waals surface area contributed by atoms with Crippen LogP contribution in [0.25, 0.3) is 0 Å². The van der Waals surface area contributed by atoms with Crippen molar-refractivity contribution in [1.29, 1.82) is 0 Å². The molecule has 0 radical (unpaired) electrons. The van der Waals surface area contributed by atoms with Crippen molar-refractivity contribution in [3.63, 3.8) is 0 Å². The summed E-state index contributed by atoms with van der Waals surface area (Å²) in [6.45, 7) is 0.927. The smallest absolute Gasteiger partial charge is 0.153 e. The van der Waals surface area contributed by atoms with Gasteiger partial charge in [-0.1, -0.05) is 0 Å². The molecule has 0 aromatic carbocycles. The van der Waals surface area contributed by atoms with Gasteiger partial charge in [-0.05, 0) is 17.7 Å². The molecule has 0 amide bonds. The summed E-state index contributed by atoms with van der Waals surface area (Å²) in [4.78, 5) is 6.11. The largest absolute Gasteiger partial charge is 0.392 e. The minimum Gasteiger partial charge on any atom is -0.392 e. The van der Waals surface area contributed by atoms with E-state index in [4.69, 9.17) is 5.11 Å². The second-order valence-corrected chi connectivity index (χ2v) is 6.12. The Balaban J connectivity index is 2.13. The van der Waals surface area contributed by atoms with Crippen LogP contribution < -0.4 is 4.90 Å². The van der Waals surface area contributed by atoms with E-state index in [1.165, 1.54) is 0 Å². The number of pyridine rings is 1. The molecule has 0 unspecified atom stereocenters. The Bertz CT molecular complexity index is 459. The lowest BCUT2D eigenvalue weighted by molar-refractivity contribution is 0.281. The molecule has 1 aliphatic rings. The number of hydrogen-bond acceptors (Lipinski definition) is 5. The molecular formula is C10H14N2O3S. The summed E-state index contributed by atoms with van der Waals surface area (Å²) in [6, 6.07) is 3.53. The lowest BCUT2D eigenvalue weighted by Crippen LogP contribution is -2.40. The Morgan fingerprint density at radius 3 is 2.69 bits per heavy atom. The molecule has 5 nitrogen and oxygen atoms in total. The van der Waals surface area contributed by atoms with Crippen molar-refractivity contribution in [3.8, 4) is 0 Å². The number of hydrogen-bond donors (Lipinski definition) is 1. The average Bonchev–Trinajstić information content (AvgIpc) is 2.29. The summed E-state index contributed by atoms with van der Waals surface area (Å²) >= 11 is 0. The van der Waals surface area contributed by atoms with Crippen molar-refractivity contribution >= 4 is 15.7 Å². The predicted molar refractivity (Wildman–Crippen MR) is 61.0 cm³/mol. The van der Waals surface area contributed by atoms with Crippen LogP contribution in [0.2, 0.25) is 0 Å². The Hall–Kier alpha value is -1.14. The molecule has 1 saturated heterocycles. The van der Waals surface area contributed by atoms with E-state index in [9.17, 15) is 8.42 Å². The van der Waals surface area contributed by atoms with Crippen LogP contribution in [-0.4, -0.2) is 43.1 Å². The lowest BCUT2D eigenvalue weighted by atomic mass is 10.2. The van der Waals surface area contributed by atoms with Crippen LogP contribution in [0.15, 0.2) is 18.3 Å². The zero-order valence-corrected chi connectivity index (χ0v) is 9.65. The second kappa shape index (κ2) is 4.39. The molecule has 1 aromatic rings. The first kappa shape index (κ1) is 11.3. The standard InChI is InChI=1S/C10H14N2O3S/c13-8-9-1-2-11-10(7-9)12-3-5-16(14,15)6-4-12/h1-2,7,13H,3-6,8H2. The van der Waals surface area contributed by atoms with Gasteiger partial charge in [0.2, 0.25) is 0 Å². The fourth-order valence-corrected chi connectivity index (χ4v) is 2.87. The lowest BCUT2D eigenvalue weighted by Gasteiger charge is -2.27. The van der Waals surface area contributed by atoms with Crippen molar-refractivity contribution in [2.24, 2.45) is 0 Å². The third-order valence-corrected chi connectivity index (χ3v) is 4.27. The van der Waals surface area contributed by atoms with E-state index in [0.717, 1.165) is 11.4 Å². The molecule has 0 spiro atoms. The SMILES string of the molecule is O=S1(=O)CCN(c2cc(CO)ccn2)CC1. The third-order valence-electron chi connectivity index (χ3n) is 2.66. The van der Waals surface area contributed by atoms with Gasteiger partial charge in [-0.2, -0.15) is 0 Å². The van der Waals surface area contributed by atoms with E-state index in [-0.39, 0.29) is 18.1 Å². The van der Waals surface area contributed by atoms with E-state index < -0.39 is 9.84 Å². The molecule has 16 heavy (non-hydrogen) atoms. The van der Waals surface area contributed by atoms with Gasteiger partial charge in [-0.3, -0.25) is 0 Å². The fraction of sp³-hybridized carbons (Fsp3) is 0.500. The van der Waals surface area contributed by atoms with Crippen LogP contribution in [0.5, 0.6) is 0 Å². The summed E-state index contributed by atoms with van der Waals surface area (Å²) in [5, 5.41) is 9.00. The van der Waals surface area contributed by atoms with Gasteiger partial charge in [-0.15, -0.1) is 0 Å². The molecule has 1 aliphatic heterocycles. The summed E-state index contributed by atoms with van der Waals surface area (Å²) in [6.07, 6.45) is 1.63. The highest BCUT2D eigenvalue weighted by Gasteiger charge is 2.22. The van der Waals surface area contributed by atoms with Crippen molar-refractivity contribution < 1.29 is 13.5 Å². The maximum Gasteiger partial charge on any atom is 0.153 e. The van der Waals surface area contributed by atoms with E-state index >= 15 is 0 Å². The highest BCUT2D eigenvalue weighted by atomic mass is 32.2. The van der Waals surface area contributed by atoms with Gasteiger partial charge in [0.25, 0.3) is 0 Å². The molecule has 1 N–H and O–H groups in total. The Labute approximate surface area is 94.6 Å². The van der Waals surface area contributed by atoms with E-state index in [1.807, 2.05) is 4.90 Å². The minimum atomic E-state index is -2.86. The maximum absolute atomic E-state index is 11.3. The van der Waals surface area contributed by atoms with Crippen LogP contribution in [0, 0.1) is 0 Å². The van der Waals surface area contributed by atoms with E-state index in [0.29, 0.717) is 13.1 Å². The molecule has 1 aromatic heterocycles. The predicted octanol–water partition coefficient (Wildman–Crippen LogP) is -0.191. The molecule has 2 rings (SSSR count). The maximum atomic E-state index is 11.3. The summed E-state index contributed by atoms with van der Waals surface area (Å²) in [5.41, 5.74) is 0.790. The zero-order chi connectivity index (χ0) is 11.6. The van der Waals surface area contributed by atoms with Gasteiger partial charge in [0.05, 0.1) is 18.1 Å². The van der Waals surface area contributed by atoms with Gasteiger partial charge in [0, 0.05) is 19.3 Å². The van der Waals surface area contributed by atoms with Crippen LogP contribution >= 0.6 is 0 Å². The number of sulfone groups is 1. The van der Waals surface area contributed by atoms with Crippen molar-refractivity contribution in [2.75, 3.05) is 29.5 Å².